The summed E-state index contributed by atoms with van der Waals surface area (Å²) in [6, 6.07) is 0. The van der Waals surface area contributed by atoms with Gasteiger partial charge in [-0.1, -0.05) is 6.42 Å². The molecule has 0 aromatic heterocycles. The Bertz CT molecular complexity index is 592. The first kappa shape index (κ1) is 20.9. The van der Waals surface area contributed by atoms with E-state index in [2.05, 4.69) is 4.18 Å². The zero-order chi connectivity index (χ0) is 19.0. The number of rotatable bonds is 5. The second kappa shape index (κ2) is 6.30. The summed E-state index contributed by atoms with van der Waals surface area (Å²) in [5, 5.41) is -6.81. The smallest absolute Gasteiger partial charge is 0.383 e. The molecule has 0 aromatic carbocycles. The first-order valence-corrected chi connectivity index (χ1v) is 7.82. The van der Waals surface area contributed by atoms with Crippen LogP contribution in [0.3, 0.4) is 0 Å². The zero-order valence-corrected chi connectivity index (χ0v) is 12.5. The Kier molecular flexibility index (Phi) is 5.49. The number of hydrogen-bond donors (Lipinski definition) is 0. The largest absolute Gasteiger partial charge is 0.460 e. The molecule has 0 amide bonds. The lowest BCUT2D eigenvalue weighted by atomic mass is 10.1. The van der Waals surface area contributed by atoms with E-state index in [1.54, 1.807) is 0 Å². The van der Waals surface area contributed by atoms with Gasteiger partial charge in [-0.25, -0.2) is 0 Å². The third-order valence-corrected chi connectivity index (χ3v) is 4.46. The molecule has 0 radical (unpaired) electrons. The molecule has 0 aromatic rings. The van der Waals surface area contributed by atoms with E-state index >= 15 is 0 Å². The van der Waals surface area contributed by atoms with Gasteiger partial charge in [0.05, 0.1) is 0 Å². The minimum Gasteiger partial charge on any atom is -0.383 e. The molecule has 0 unspecified atom stereocenters. The Morgan fingerprint density at radius 3 is 1.88 bits per heavy atom. The summed E-state index contributed by atoms with van der Waals surface area (Å²) < 4.78 is 140. The van der Waals surface area contributed by atoms with Crippen LogP contribution in [0.4, 0.5) is 39.5 Å². The summed E-state index contributed by atoms with van der Waals surface area (Å²) in [4.78, 5) is 0. The molecule has 24 heavy (non-hydrogen) atoms. The number of hydrogen-bond acceptors (Lipinski definition) is 3. The van der Waals surface area contributed by atoms with E-state index < -0.39 is 39.2 Å². The Morgan fingerprint density at radius 1 is 0.833 bits per heavy atom. The molecule has 1 aliphatic carbocycles. The topological polar surface area (TPSA) is 43.4 Å². The number of halogens is 9. The normalized spacial score (nSPS) is 18.8. The molecule has 0 spiro atoms. The van der Waals surface area contributed by atoms with Crippen molar-refractivity contribution in [1.29, 1.82) is 0 Å². The van der Waals surface area contributed by atoms with Crippen molar-refractivity contribution >= 4 is 10.1 Å². The molecule has 0 fully saturated rings. The van der Waals surface area contributed by atoms with E-state index in [0.29, 0.717) is 12.8 Å². The van der Waals surface area contributed by atoms with Gasteiger partial charge in [0.1, 0.15) is 5.76 Å². The second-order valence-corrected chi connectivity index (χ2v) is 6.56. The Hall–Kier alpha value is -1.14. The lowest BCUT2D eigenvalue weighted by Crippen LogP contribution is -2.63. The highest BCUT2D eigenvalue weighted by Crippen LogP contribution is 2.55. The van der Waals surface area contributed by atoms with E-state index in [9.17, 15) is 47.9 Å². The van der Waals surface area contributed by atoms with Gasteiger partial charge in [0, 0.05) is 6.42 Å². The molecule has 0 saturated carbocycles. The SMILES string of the molecule is O=S(=O)(OC1=CCCCCC1)C(F)(F)C(F)(F)C(F)(F)C(F)(F)F. The standard InChI is InChI=1S/C11H11F9O3S/c12-8(13,10(16,17)18)9(14,15)11(19,20)24(21,22)23-7-5-3-1-2-4-6-7/h5H,1-4,6H2. The van der Waals surface area contributed by atoms with Crippen LogP contribution in [-0.4, -0.2) is 31.7 Å². The summed E-state index contributed by atoms with van der Waals surface area (Å²) in [7, 11) is -6.81. The van der Waals surface area contributed by atoms with Gasteiger partial charge in [0.15, 0.2) is 0 Å². The van der Waals surface area contributed by atoms with Crippen LogP contribution in [0, 0.1) is 0 Å². The molecule has 0 heterocycles. The maximum Gasteiger partial charge on any atom is 0.460 e. The molecular weight excluding hydrogens is 383 g/mol. The minimum atomic E-state index is -7.29. The predicted molar refractivity (Wildman–Crippen MR) is 62.1 cm³/mol. The van der Waals surface area contributed by atoms with Crippen LogP contribution in [0.15, 0.2) is 11.8 Å². The van der Waals surface area contributed by atoms with E-state index in [1.165, 1.54) is 0 Å². The van der Waals surface area contributed by atoms with Gasteiger partial charge in [-0.3, -0.25) is 0 Å². The van der Waals surface area contributed by atoms with Crippen LogP contribution in [0.1, 0.15) is 32.1 Å². The first-order valence-electron chi connectivity index (χ1n) is 6.41. The highest BCUT2D eigenvalue weighted by Gasteiger charge is 2.86. The molecule has 13 heteroatoms. The van der Waals surface area contributed by atoms with Gasteiger partial charge >= 0.3 is 33.4 Å². The van der Waals surface area contributed by atoms with Crippen molar-refractivity contribution in [2.24, 2.45) is 0 Å². The maximum absolute atomic E-state index is 13.4. The highest BCUT2D eigenvalue weighted by molar-refractivity contribution is 7.88. The van der Waals surface area contributed by atoms with Crippen LogP contribution in [0.2, 0.25) is 0 Å². The third kappa shape index (κ3) is 3.45. The van der Waals surface area contributed by atoms with Gasteiger partial charge in [0.25, 0.3) is 0 Å². The highest BCUT2D eigenvalue weighted by atomic mass is 32.2. The fraction of sp³-hybridized carbons (Fsp3) is 0.818. The molecular formula is C11H11F9O3S. The zero-order valence-electron chi connectivity index (χ0n) is 11.6. The molecule has 142 valence electrons. The molecule has 0 N–H and O–H groups in total. The van der Waals surface area contributed by atoms with Crippen molar-refractivity contribution in [3.8, 4) is 0 Å². The van der Waals surface area contributed by atoms with Gasteiger partial charge in [-0.2, -0.15) is 47.9 Å². The second-order valence-electron chi connectivity index (χ2n) is 4.97. The summed E-state index contributed by atoms with van der Waals surface area (Å²) in [5.41, 5.74) is 0. The van der Waals surface area contributed by atoms with Crippen LogP contribution in [0.5, 0.6) is 0 Å². The molecule has 0 bridgehead atoms. The molecule has 3 nitrogen and oxygen atoms in total. The summed E-state index contributed by atoms with van der Waals surface area (Å²) in [6.07, 6.45) is -4.98. The van der Waals surface area contributed by atoms with Crippen molar-refractivity contribution in [3.05, 3.63) is 11.8 Å². The molecule has 1 rings (SSSR count). The van der Waals surface area contributed by atoms with Crippen molar-refractivity contribution in [3.63, 3.8) is 0 Å². The number of allylic oxidation sites excluding steroid dienone is 2. The lowest BCUT2D eigenvalue weighted by molar-refractivity contribution is -0.382. The minimum absolute atomic E-state index is 0.144. The van der Waals surface area contributed by atoms with E-state index in [1.807, 2.05) is 0 Å². The monoisotopic (exact) mass is 394 g/mol. The van der Waals surface area contributed by atoms with Crippen LogP contribution < -0.4 is 0 Å². The number of alkyl halides is 9. The van der Waals surface area contributed by atoms with Gasteiger partial charge in [-0.05, 0) is 25.3 Å². The van der Waals surface area contributed by atoms with Crippen LogP contribution >= 0.6 is 0 Å². The Morgan fingerprint density at radius 2 is 1.38 bits per heavy atom. The lowest BCUT2D eigenvalue weighted by Gasteiger charge is -2.32. The average Bonchev–Trinajstić information content (AvgIpc) is 2.64. The maximum atomic E-state index is 13.4. The van der Waals surface area contributed by atoms with Gasteiger partial charge < -0.3 is 4.18 Å². The predicted octanol–water partition coefficient (Wildman–Crippen LogP) is 4.61. The van der Waals surface area contributed by atoms with Gasteiger partial charge in [0.2, 0.25) is 0 Å². The average molecular weight is 394 g/mol. The van der Waals surface area contributed by atoms with Crippen molar-refractivity contribution in [1.82, 2.24) is 0 Å². The van der Waals surface area contributed by atoms with Crippen molar-refractivity contribution in [2.75, 3.05) is 0 Å². The molecule has 0 saturated heterocycles. The van der Waals surface area contributed by atoms with Crippen LogP contribution in [0.25, 0.3) is 0 Å². The third-order valence-electron chi connectivity index (χ3n) is 3.15. The fourth-order valence-corrected chi connectivity index (χ4v) is 2.75. The van der Waals surface area contributed by atoms with Crippen molar-refractivity contribution in [2.45, 2.75) is 55.4 Å². The molecule has 0 atom stereocenters. The molecule has 0 aliphatic heterocycles. The first-order chi connectivity index (χ1) is 10.6. The summed E-state index contributed by atoms with van der Waals surface area (Å²) in [6.45, 7) is 0. The van der Waals surface area contributed by atoms with Crippen molar-refractivity contribution < 1.29 is 52.1 Å². The van der Waals surface area contributed by atoms with Gasteiger partial charge in [-0.15, -0.1) is 0 Å². The summed E-state index contributed by atoms with van der Waals surface area (Å²) in [5.74, 6) is -15.3. The molecule has 1 aliphatic rings. The van der Waals surface area contributed by atoms with E-state index in [4.69, 9.17) is 0 Å². The Labute approximate surface area is 130 Å². The Balaban J connectivity index is 3.22. The van der Waals surface area contributed by atoms with Crippen LogP contribution in [-0.2, 0) is 14.3 Å². The van der Waals surface area contributed by atoms with E-state index in [-0.39, 0.29) is 19.3 Å². The quantitative estimate of drug-likeness (QED) is 0.506. The van der Waals surface area contributed by atoms with E-state index in [0.717, 1.165) is 6.08 Å². The fourth-order valence-electron chi connectivity index (χ4n) is 1.77. The summed E-state index contributed by atoms with van der Waals surface area (Å²) >= 11 is 0.